The van der Waals surface area contributed by atoms with Gasteiger partial charge in [0, 0.05) is 23.2 Å². The highest BCUT2D eigenvalue weighted by molar-refractivity contribution is 5.95. The summed E-state index contributed by atoms with van der Waals surface area (Å²) in [6.45, 7) is 4.85. The van der Waals surface area contributed by atoms with E-state index in [2.05, 4.69) is 5.32 Å². The molecule has 0 bridgehead atoms. The molecule has 2 aromatic carbocycles. The summed E-state index contributed by atoms with van der Waals surface area (Å²) >= 11 is 0. The molecule has 150 valence electrons. The minimum Gasteiger partial charge on any atom is -0.482 e. The molecule has 1 atom stereocenters. The summed E-state index contributed by atoms with van der Waals surface area (Å²) in [4.78, 5) is 35.6. The van der Waals surface area contributed by atoms with Crippen molar-refractivity contribution >= 4 is 28.5 Å². The van der Waals surface area contributed by atoms with Crippen LogP contribution in [0.1, 0.15) is 18.1 Å². The zero-order chi connectivity index (χ0) is 21.0. The Kier molecular flexibility index (Phi) is 5.97. The van der Waals surface area contributed by atoms with E-state index in [1.807, 2.05) is 19.1 Å². The third kappa shape index (κ3) is 5.22. The third-order valence-corrected chi connectivity index (χ3v) is 4.28. The first kappa shape index (κ1) is 20.1. The van der Waals surface area contributed by atoms with E-state index in [1.165, 1.54) is 19.1 Å². The number of ether oxygens (including phenoxy) is 2. The van der Waals surface area contributed by atoms with Crippen molar-refractivity contribution in [2.45, 2.75) is 26.9 Å². The summed E-state index contributed by atoms with van der Waals surface area (Å²) in [6, 6.07) is 13.6. The molecule has 0 unspecified atom stereocenters. The molecule has 1 amide bonds. The first-order valence-electron chi connectivity index (χ1n) is 9.06. The van der Waals surface area contributed by atoms with Crippen LogP contribution < -0.4 is 15.7 Å². The summed E-state index contributed by atoms with van der Waals surface area (Å²) in [6.07, 6.45) is -0.982. The second kappa shape index (κ2) is 8.60. The summed E-state index contributed by atoms with van der Waals surface area (Å²) in [5.74, 6) is -0.785. The van der Waals surface area contributed by atoms with E-state index in [0.29, 0.717) is 17.0 Å². The van der Waals surface area contributed by atoms with Crippen LogP contribution in [0.25, 0.3) is 11.0 Å². The molecule has 3 rings (SSSR count). The van der Waals surface area contributed by atoms with Gasteiger partial charge in [-0.25, -0.2) is 9.59 Å². The van der Waals surface area contributed by atoms with Gasteiger partial charge in [-0.15, -0.1) is 0 Å². The first-order chi connectivity index (χ1) is 13.8. The van der Waals surface area contributed by atoms with Crippen LogP contribution >= 0.6 is 0 Å². The fraction of sp³-hybridized carbons (Fsp3) is 0.227. The Morgan fingerprint density at radius 1 is 1.07 bits per heavy atom. The monoisotopic (exact) mass is 395 g/mol. The lowest BCUT2D eigenvalue weighted by molar-refractivity contribution is -0.155. The number of esters is 1. The Bertz CT molecular complexity index is 1100. The third-order valence-electron chi connectivity index (χ3n) is 4.28. The minimum absolute atomic E-state index is 0.347. The largest absolute Gasteiger partial charge is 0.482 e. The van der Waals surface area contributed by atoms with Gasteiger partial charge in [0.15, 0.2) is 12.7 Å². The zero-order valence-electron chi connectivity index (χ0n) is 16.4. The Morgan fingerprint density at radius 3 is 2.52 bits per heavy atom. The normalized spacial score (nSPS) is 11.7. The SMILES string of the molecule is Cc1ccc(NC(=O)[C@H](C)OC(=O)COc2ccc3c(C)cc(=O)oc3c2)cc1. The van der Waals surface area contributed by atoms with Crippen molar-refractivity contribution in [2.24, 2.45) is 0 Å². The number of fused-ring (bicyclic) bond motifs is 1. The van der Waals surface area contributed by atoms with Crippen LogP contribution in [0.3, 0.4) is 0 Å². The van der Waals surface area contributed by atoms with Crippen LogP contribution in [-0.2, 0) is 14.3 Å². The second-order valence-electron chi connectivity index (χ2n) is 6.68. The summed E-state index contributed by atoms with van der Waals surface area (Å²) < 4.78 is 15.7. The molecule has 3 aromatic rings. The van der Waals surface area contributed by atoms with Crippen molar-refractivity contribution in [3.63, 3.8) is 0 Å². The van der Waals surface area contributed by atoms with Crippen LogP contribution in [0.4, 0.5) is 5.69 Å². The topological polar surface area (TPSA) is 94.8 Å². The molecule has 1 heterocycles. The molecule has 0 aliphatic rings. The van der Waals surface area contributed by atoms with Crippen LogP contribution in [0.5, 0.6) is 5.75 Å². The number of rotatable bonds is 6. The van der Waals surface area contributed by atoms with Crippen molar-refractivity contribution in [1.82, 2.24) is 0 Å². The fourth-order valence-corrected chi connectivity index (χ4v) is 2.70. The van der Waals surface area contributed by atoms with Gasteiger partial charge in [-0.05, 0) is 50.6 Å². The predicted octanol–water partition coefficient (Wildman–Crippen LogP) is 3.36. The standard InChI is InChI=1S/C22H21NO6/c1-13-4-6-16(7-5-13)23-22(26)15(3)28-21(25)12-27-17-8-9-18-14(2)10-20(24)29-19(18)11-17/h4-11,15H,12H2,1-3H3,(H,23,26)/t15-/m0/s1. The molecule has 0 saturated carbocycles. The Balaban J connectivity index is 1.55. The minimum atomic E-state index is -0.982. The smallest absolute Gasteiger partial charge is 0.344 e. The molecule has 7 heteroatoms. The van der Waals surface area contributed by atoms with E-state index >= 15 is 0 Å². The Labute approximate surface area is 167 Å². The van der Waals surface area contributed by atoms with Gasteiger partial charge in [-0.3, -0.25) is 4.79 Å². The quantitative estimate of drug-likeness (QED) is 0.508. The van der Waals surface area contributed by atoms with Crippen LogP contribution in [0, 0.1) is 13.8 Å². The zero-order valence-corrected chi connectivity index (χ0v) is 16.4. The van der Waals surface area contributed by atoms with Gasteiger partial charge >= 0.3 is 11.6 Å². The fourth-order valence-electron chi connectivity index (χ4n) is 2.70. The summed E-state index contributed by atoms with van der Waals surface area (Å²) in [7, 11) is 0. The maximum Gasteiger partial charge on any atom is 0.344 e. The van der Waals surface area contributed by atoms with Crippen molar-refractivity contribution in [1.29, 1.82) is 0 Å². The number of nitrogens with one attached hydrogen (secondary N) is 1. The molecule has 0 spiro atoms. The molecule has 0 aliphatic heterocycles. The maximum absolute atomic E-state index is 12.1. The van der Waals surface area contributed by atoms with Crippen LogP contribution in [0.2, 0.25) is 0 Å². The van der Waals surface area contributed by atoms with Crippen molar-refractivity contribution in [3.8, 4) is 5.75 Å². The van der Waals surface area contributed by atoms with E-state index in [9.17, 15) is 14.4 Å². The number of aryl methyl sites for hydroxylation is 2. The molecule has 0 fully saturated rings. The van der Waals surface area contributed by atoms with Crippen molar-refractivity contribution < 1.29 is 23.5 Å². The molecule has 1 aromatic heterocycles. The predicted molar refractivity (Wildman–Crippen MR) is 108 cm³/mol. The molecule has 0 saturated heterocycles. The van der Waals surface area contributed by atoms with Gasteiger partial charge in [0.05, 0.1) is 0 Å². The molecular formula is C22H21NO6. The first-order valence-corrected chi connectivity index (χ1v) is 9.06. The Hall–Kier alpha value is -3.61. The average Bonchev–Trinajstić information content (AvgIpc) is 2.67. The number of hydrogen-bond acceptors (Lipinski definition) is 6. The van der Waals surface area contributed by atoms with E-state index in [4.69, 9.17) is 13.9 Å². The lowest BCUT2D eigenvalue weighted by Crippen LogP contribution is -2.31. The van der Waals surface area contributed by atoms with Gasteiger partial charge < -0.3 is 19.2 Å². The van der Waals surface area contributed by atoms with Gasteiger partial charge in [-0.1, -0.05) is 17.7 Å². The maximum atomic E-state index is 12.1. The number of amides is 1. The summed E-state index contributed by atoms with van der Waals surface area (Å²) in [5, 5.41) is 3.46. The number of carbonyl (C=O) groups excluding carboxylic acids is 2. The van der Waals surface area contributed by atoms with Gasteiger partial charge in [0.2, 0.25) is 0 Å². The molecule has 7 nitrogen and oxygen atoms in total. The highest BCUT2D eigenvalue weighted by Gasteiger charge is 2.18. The highest BCUT2D eigenvalue weighted by Crippen LogP contribution is 2.22. The van der Waals surface area contributed by atoms with Crippen molar-refractivity contribution in [3.05, 3.63) is 70.1 Å². The number of anilines is 1. The summed E-state index contributed by atoms with van der Waals surface area (Å²) in [5.41, 5.74) is 2.39. The molecule has 0 aliphatic carbocycles. The number of hydrogen-bond donors (Lipinski definition) is 1. The van der Waals surface area contributed by atoms with Gasteiger partial charge in [0.1, 0.15) is 11.3 Å². The van der Waals surface area contributed by atoms with Crippen LogP contribution in [0.15, 0.2) is 57.7 Å². The second-order valence-corrected chi connectivity index (χ2v) is 6.68. The molecule has 1 N–H and O–H groups in total. The van der Waals surface area contributed by atoms with E-state index in [-0.39, 0.29) is 6.61 Å². The van der Waals surface area contributed by atoms with E-state index < -0.39 is 23.6 Å². The Morgan fingerprint density at radius 2 is 1.79 bits per heavy atom. The lowest BCUT2D eigenvalue weighted by Gasteiger charge is -2.14. The van der Waals surface area contributed by atoms with Crippen molar-refractivity contribution in [2.75, 3.05) is 11.9 Å². The molecule has 29 heavy (non-hydrogen) atoms. The van der Waals surface area contributed by atoms with E-state index in [1.54, 1.807) is 31.2 Å². The number of benzene rings is 2. The number of carbonyl (C=O) groups is 2. The van der Waals surface area contributed by atoms with E-state index in [0.717, 1.165) is 16.5 Å². The lowest BCUT2D eigenvalue weighted by atomic mass is 10.1. The van der Waals surface area contributed by atoms with Crippen LogP contribution in [-0.4, -0.2) is 24.6 Å². The van der Waals surface area contributed by atoms with Gasteiger partial charge in [0.25, 0.3) is 5.91 Å². The molecular weight excluding hydrogens is 374 g/mol. The average molecular weight is 395 g/mol. The highest BCUT2D eigenvalue weighted by atomic mass is 16.6. The molecule has 0 radical (unpaired) electrons. The van der Waals surface area contributed by atoms with Gasteiger partial charge in [-0.2, -0.15) is 0 Å².